The molecular formula is C12H20N2O. The predicted octanol–water partition coefficient (Wildman–Crippen LogP) is 0.853. The van der Waals surface area contributed by atoms with Gasteiger partial charge in [-0.1, -0.05) is 13.8 Å². The summed E-state index contributed by atoms with van der Waals surface area (Å²) in [6.07, 6.45) is 2.34. The lowest BCUT2D eigenvalue weighted by molar-refractivity contribution is -0.132. The van der Waals surface area contributed by atoms with Crippen LogP contribution in [0.1, 0.15) is 26.7 Å². The molecule has 3 nitrogen and oxygen atoms in total. The molecule has 3 heteroatoms. The number of hydrogen-bond acceptors (Lipinski definition) is 2. The van der Waals surface area contributed by atoms with E-state index in [1.54, 1.807) is 0 Å². The minimum absolute atomic E-state index is 0.280. The first-order chi connectivity index (χ1) is 7.08. The second-order valence-electron chi connectivity index (χ2n) is 6.10. The van der Waals surface area contributed by atoms with Crippen LogP contribution in [0.2, 0.25) is 0 Å². The summed E-state index contributed by atoms with van der Waals surface area (Å²) in [5.74, 6) is 1.46. The Kier molecular flexibility index (Phi) is 1.91. The van der Waals surface area contributed by atoms with Crippen LogP contribution >= 0.6 is 0 Å². The van der Waals surface area contributed by atoms with Crippen molar-refractivity contribution in [2.75, 3.05) is 19.6 Å². The fraction of sp³-hybridized carbons (Fsp3) is 0.917. The molecule has 3 atom stereocenters. The topological polar surface area (TPSA) is 32.3 Å². The van der Waals surface area contributed by atoms with Gasteiger partial charge in [0, 0.05) is 25.0 Å². The van der Waals surface area contributed by atoms with Crippen molar-refractivity contribution in [1.29, 1.82) is 0 Å². The molecule has 1 aliphatic carbocycles. The molecule has 84 valence electrons. The maximum Gasteiger partial charge on any atom is 0.226 e. The molecule has 15 heavy (non-hydrogen) atoms. The highest BCUT2D eigenvalue weighted by Crippen LogP contribution is 2.52. The fourth-order valence-electron chi connectivity index (χ4n) is 3.14. The van der Waals surface area contributed by atoms with E-state index in [1.165, 1.54) is 6.42 Å². The van der Waals surface area contributed by atoms with E-state index in [4.69, 9.17) is 0 Å². The second-order valence-corrected chi connectivity index (χ2v) is 6.10. The maximum atomic E-state index is 12.2. The van der Waals surface area contributed by atoms with Crippen molar-refractivity contribution in [2.45, 2.75) is 32.7 Å². The van der Waals surface area contributed by atoms with Gasteiger partial charge in [-0.3, -0.25) is 4.79 Å². The Morgan fingerprint density at radius 3 is 2.73 bits per heavy atom. The molecule has 0 aromatic carbocycles. The van der Waals surface area contributed by atoms with Crippen LogP contribution in [-0.4, -0.2) is 36.5 Å². The van der Waals surface area contributed by atoms with Crippen molar-refractivity contribution in [3.8, 4) is 0 Å². The van der Waals surface area contributed by atoms with Gasteiger partial charge in [0.25, 0.3) is 0 Å². The SMILES string of the molecule is CC1(C)CC1C(=O)N1C[C@@H]2CCN[C@@H]2C1. The number of hydrogen-bond donors (Lipinski definition) is 1. The Labute approximate surface area is 91.2 Å². The number of nitrogens with zero attached hydrogens (tertiary/aromatic N) is 1. The lowest BCUT2D eigenvalue weighted by Crippen LogP contribution is -2.35. The summed E-state index contributed by atoms with van der Waals surface area (Å²) in [7, 11) is 0. The van der Waals surface area contributed by atoms with Gasteiger partial charge in [0.05, 0.1) is 0 Å². The van der Waals surface area contributed by atoms with Crippen LogP contribution in [0.25, 0.3) is 0 Å². The molecular weight excluding hydrogens is 188 g/mol. The number of fused-ring (bicyclic) bond motifs is 1. The summed E-state index contributed by atoms with van der Waals surface area (Å²) in [5.41, 5.74) is 0.280. The van der Waals surface area contributed by atoms with Gasteiger partial charge in [-0.25, -0.2) is 0 Å². The van der Waals surface area contributed by atoms with Gasteiger partial charge in [0.1, 0.15) is 0 Å². The zero-order valence-corrected chi connectivity index (χ0v) is 9.62. The average molecular weight is 208 g/mol. The molecule has 2 aliphatic heterocycles. The lowest BCUT2D eigenvalue weighted by Gasteiger charge is -2.18. The number of amides is 1. The molecule has 3 aliphatic rings. The Hall–Kier alpha value is -0.570. The first kappa shape index (κ1) is 9.64. The molecule has 0 radical (unpaired) electrons. The molecule has 0 bridgehead atoms. The van der Waals surface area contributed by atoms with Crippen LogP contribution in [0.3, 0.4) is 0 Å². The molecule has 1 unspecified atom stereocenters. The Morgan fingerprint density at radius 2 is 2.13 bits per heavy atom. The smallest absolute Gasteiger partial charge is 0.226 e. The molecule has 0 aromatic heterocycles. The third-order valence-electron chi connectivity index (χ3n) is 4.49. The molecule has 1 N–H and O–H groups in total. The minimum atomic E-state index is 0.280. The zero-order chi connectivity index (χ0) is 10.6. The molecule has 1 amide bonds. The van der Waals surface area contributed by atoms with E-state index in [1.807, 2.05) is 0 Å². The summed E-state index contributed by atoms with van der Waals surface area (Å²) >= 11 is 0. The lowest BCUT2D eigenvalue weighted by atomic mass is 10.1. The molecule has 2 heterocycles. The molecule has 0 aromatic rings. The zero-order valence-electron chi connectivity index (χ0n) is 9.62. The van der Waals surface area contributed by atoms with Gasteiger partial charge < -0.3 is 10.2 Å². The van der Waals surface area contributed by atoms with Gasteiger partial charge in [0.15, 0.2) is 0 Å². The number of nitrogens with one attached hydrogen (secondary N) is 1. The predicted molar refractivity (Wildman–Crippen MR) is 58.4 cm³/mol. The van der Waals surface area contributed by atoms with Crippen LogP contribution in [0.4, 0.5) is 0 Å². The average Bonchev–Trinajstić information content (AvgIpc) is 2.55. The number of carbonyl (C=O) groups is 1. The monoisotopic (exact) mass is 208 g/mol. The van der Waals surface area contributed by atoms with Crippen molar-refractivity contribution in [3.63, 3.8) is 0 Å². The molecule has 3 fully saturated rings. The Morgan fingerprint density at radius 1 is 1.40 bits per heavy atom. The normalized spacial score (nSPS) is 41.7. The molecule has 3 rings (SSSR count). The Bertz CT molecular complexity index is 288. The number of carbonyl (C=O) groups excluding carboxylic acids is 1. The summed E-state index contributed by atoms with van der Waals surface area (Å²) in [5, 5.41) is 3.49. The summed E-state index contributed by atoms with van der Waals surface area (Å²) in [4.78, 5) is 14.3. The largest absolute Gasteiger partial charge is 0.341 e. The molecule has 1 saturated carbocycles. The van der Waals surface area contributed by atoms with Crippen molar-refractivity contribution in [3.05, 3.63) is 0 Å². The first-order valence-electron chi connectivity index (χ1n) is 6.10. The third kappa shape index (κ3) is 1.48. The summed E-state index contributed by atoms with van der Waals surface area (Å²) in [6.45, 7) is 7.50. The van der Waals surface area contributed by atoms with Crippen LogP contribution in [0.15, 0.2) is 0 Å². The highest BCUT2D eigenvalue weighted by Gasteiger charge is 2.53. The summed E-state index contributed by atoms with van der Waals surface area (Å²) in [6, 6.07) is 0.593. The first-order valence-corrected chi connectivity index (χ1v) is 6.10. The van der Waals surface area contributed by atoms with Gasteiger partial charge >= 0.3 is 0 Å². The van der Waals surface area contributed by atoms with Crippen LogP contribution in [0, 0.1) is 17.3 Å². The fourth-order valence-corrected chi connectivity index (χ4v) is 3.14. The maximum absolute atomic E-state index is 12.2. The van der Waals surface area contributed by atoms with Crippen molar-refractivity contribution < 1.29 is 4.79 Å². The van der Waals surface area contributed by atoms with Crippen molar-refractivity contribution >= 4 is 5.91 Å². The van der Waals surface area contributed by atoms with Gasteiger partial charge in [-0.05, 0) is 30.7 Å². The van der Waals surface area contributed by atoms with Crippen molar-refractivity contribution in [1.82, 2.24) is 10.2 Å². The van der Waals surface area contributed by atoms with E-state index in [-0.39, 0.29) is 5.41 Å². The van der Waals surface area contributed by atoms with E-state index in [9.17, 15) is 4.79 Å². The van der Waals surface area contributed by atoms with Crippen LogP contribution in [-0.2, 0) is 4.79 Å². The Balaban J connectivity index is 1.63. The third-order valence-corrected chi connectivity index (χ3v) is 4.49. The van der Waals surface area contributed by atoms with E-state index >= 15 is 0 Å². The van der Waals surface area contributed by atoms with Crippen molar-refractivity contribution in [2.24, 2.45) is 17.3 Å². The van der Waals surface area contributed by atoms with E-state index in [0.29, 0.717) is 17.9 Å². The van der Waals surface area contributed by atoms with Crippen LogP contribution in [0.5, 0.6) is 0 Å². The van der Waals surface area contributed by atoms with Gasteiger partial charge in [-0.15, -0.1) is 0 Å². The number of rotatable bonds is 1. The highest BCUT2D eigenvalue weighted by molar-refractivity contribution is 5.82. The second kappa shape index (κ2) is 2.97. The minimum Gasteiger partial charge on any atom is -0.341 e. The standard InChI is InChI=1S/C12H20N2O/c1-12(2)5-9(12)11(15)14-6-8-3-4-13-10(8)7-14/h8-10,13H,3-7H2,1-2H3/t8-,9?,10+/m0/s1. The van der Waals surface area contributed by atoms with Gasteiger partial charge in [-0.2, -0.15) is 0 Å². The van der Waals surface area contributed by atoms with Crippen LogP contribution < -0.4 is 5.32 Å². The van der Waals surface area contributed by atoms with E-state index < -0.39 is 0 Å². The van der Waals surface area contributed by atoms with E-state index in [0.717, 1.165) is 32.0 Å². The quantitative estimate of drug-likeness (QED) is 0.693. The molecule has 2 saturated heterocycles. The summed E-state index contributed by atoms with van der Waals surface area (Å²) < 4.78 is 0. The van der Waals surface area contributed by atoms with E-state index in [2.05, 4.69) is 24.1 Å². The molecule has 0 spiro atoms. The highest BCUT2D eigenvalue weighted by atomic mass is 16.2. The van der Waals surface area contributed by atoms with Gasteiger partial charge in [0.2, 0.25) is 5.91 Å². The number of likely N-dealkylation sites (tertiary alicyclic amines) is 1.